The molecule has 0 unspecified atom stereocenters. The fraction of sp³-hybridized carbons (Fsp3) is 0. The Hall–Kier alpha value is -2.41. The van der Waals surface area contributed by atoms with Gasteiger partial charge in [0, 0.05) is 12.4 Å². The Morgan fingerprint density at radius 3 is 2.74 bits per heavy atom. The van der Waals surface area contributed by atoms with Crippen LogP contribution in [0.1, 0.15) is 0 Å². The first-order chi connectivity index (χ1) is 8.99. The Bertz CT molecular complexity index is 792. The number of allylic oxidation sites excluding steroid dienone is 1. The third kappa shape index (κ3) is 3.08. The number of carbonyl (C=O) groups is 1. The van der Waals surface area contributed by atoms with E-state index >= 15 is 0 Å². The second-order valence-electron chi connectivity index (χ2n) is 3.62. The maximum Gasteiger partial charge on any atom is 0.420 e. The number of carbonyl (C=O) groups excluding carboxylic acids is 1. The van der Waals surface area contributed by atoms with Crippen LogP contribution >= 0.6 is 0 Å². The lowest BCUT2D eigenvalue weighted by molar-refractivity contribution is 0.212. The number of benzene rings is 1. The largest absolute Gasteiger partial charge is 0.420 e. The summed E-state index contributed by atoms with van der Waals surface area (Å²) in [6.07, 6.45) is 6.91. The number of rotatable bonds is 2. The Morgan fingerprint density at radius 1 is 1.21 bits per heavy atom. The van der Waals surface area contributed by atoms with E-state index in [0.717, 1.165) is 5.22 Å². The van der Waals surface area contributed by atoms with Crippen LogP contribution in [0.5, 0.6) is 0 Å². The molecule has 98 valence electrons. The summed E-state index contributed by atoms with van der Waals surface area (Å²) in [5.74, 6) is 0. The van der Waals surface area contributed by atoms with E-state index in [9.17, 15) is 13.2 Å². The molecule has 7 heteroatoms. The number of amides is 1. The van der Waals surface area contributed by atoms with Crippen LogP contribution in [0, 0.1) is 0 Å². The van der Waals surface area contributed by atoms with Crippen LogP contribution in [-0.2, 0) is 14.3 Å². The molecule has 1 aromatic rings. The maximum atomic E-state index is 11.7. The van der Waals surface area contributed by atoms with Gasteiger partial charge in [0.15, 0.2) is 0 Å². The van der Waals surface area contributed by atoms with Crippen molar-refractivity contribution in [2.45, 2.75) is 4.90 Å². The molecular formula is C12H10N2O4S. The van der Waals surface area contributed by atoms with Crippen LogP contribution in [0.2, 0.25) is 0 Å². The summed E-state index contributed by atoms with van der Waals surface area (Å²) in [7, 11) is -4.18. The van der Waals surface area contributed by atoms with Crippen LogP contribution < -0.4 is 16.2 Å². The summed E-state index contributed by atoms with van der Waals surface area (Å²) in [6.45, 7) is 0. The Labute approximate surface area is 109 Å². The van der Waals surface area contributed by atoms with Gasteiger partial charge in [0.25, 0.3) is 0 Å². The van der Waals surface area contributed by atoms with Gasteiger partial charge in [0.1, 0.15) is 4.90 Å². The van der Waals surface area contributed by atoms with E-state index in [2.05, 4.69) is 9.18 Å². The Balaban J connectivity index is 2.59. The molecule has 0 saturated carbocycles. The average molecular weight is 278 g/mol. The second-order valence-corrected chi connectivity index (χ2v) is 5.17. The Kier molecular flexibility index (Phi) is 3.48. The van der Waals surface area contributed by atoms with Gasteiger partial charge in [0.2, 0.25) is 0 Å². The van der Waals surface area contributed by atoms with Gasteiger partial charge < -0.3 is 9.92 Å². The van der Waals surface area contributed by atoms with Gasteiger partial charge in [-0.1, -0.05) is 12.1 Å². The van der Waals surface area contributed by atoms with E-state index in [-0.39, 0.29) is 4.90 Å². The number of aliphatic imine (C=N–C) groups is 1. The minimum atomic E-state index is -4.18. The first-order valence-corrected chi connectivity index (χ1v) is 6.64. The normalized spacial score (nSPS) is 13.5. The molecule has 6 nitrogen and oxygen atoms in total. The van der Waals surface area contributed by atoms with Crippen molar-refractivity contribution in [3.8, 4) is 0 Å². The molecule has 0 bridgehead atoms. The fourth-order valence-electron chi connectivity index (χ4n) is 1.53. The summed E-state index contributed by atoms with van der Waals surface area (Å²) < 4.78 is 27.5. The number of nitrogens with zero attached hydrogens (tertiary/aromatic N) is 1. The molecule has 0 atom stereocenters. The summed E-state index contributed by atoms with van der Waals surface area (Å²) in [6, 6.07) is 4.32. The number of hydrogen-bond donors (Lipinski definition) is 1. The van der Waals surface area contributed by atoms with Crippen LogP contribution in [0.25, 0.3) is 12.2 Å². The van der Waals surface area contributed by atoms with E-state index in [0.29, 0.717) is 5.22 Å². The van der Waals surface area contributed by atoms with Crippen LogP contribution in [0.15, 0.2) is 40.4 Å². The average Bonchev–Trinajstić information content (AvgIpc) is 2.27. The number of fused-ring (bicyclic) bond motifs is 1. The molecule has 0 aliphatic carbocycles. The zero-order chi connectivity index (χ0) is 13.9. The first kappa shape index (κ1) is 13.0. The van der Waals surface area contributed by atoms with E-state index in [1.807, 2.05) is 0 Å². The molecule has 0 radical (unpaired) electrons. The van der Waals surface area contributed by atoms with Gasteiger partial charge in [-0.15, -0.1) is 0 Å². The molecule has 1 amide bonds. The lowest BCUT2D eigenvalue weighted by atomic mass is 10.2. The molecule has 0 fully saturated rings. The van der Waals surface area contributed by atoms with Gasteiger partial charge >= 0.3 is 16.2 Å². The zero-order valence-electron chi connectivity index (χ0n) is 9.68. The highest BCUT2D eigenvalue weighted by Crippen LogP contribution is 2.08. The molecule has 0 saturated heterocycles. The van der Waals surface area contributed by atoms with Gasteiger partial charge in [-0.25, -0.2) is 4.79 Å². The van der Waals surface area contributed by atoms with Crippen molar-refractivity contribution >= 4 is 34.6 Å². The summed E-state index contributed by atoms with van der Waals surface area (Å²) in [5.41, 5.74) is 4.72. The predicted octanol–water partition coefficient (Wildman–Crippen LogP) is -0.370. The second kappa shape index (κ2) is 5.07. The highest BCUT2D eigenvalue weighted by molar-refractivity contribution is 7.87. The molecule has 1 heterocycles. The lowest BCUT2D eigenvalue weighted by Crippen LogP contribution is -2.27. The molecule has 2 N–H and O–H groups in total. The number of nitrogens with two attached hydrogens (primary N) is 1. The van der Waals surface area contributed by atoms with E-state index < -0.39 is 16.2 Å². The highest BCUT2D eigenvalue weighted by atomic mass is 32.2. The lowest BCUT2D eigenvalue weighted by Gasteiger charge is -2.03. The van der Waals surface area contributed by atoms with Crippen LogP contribution in [0.3, 0.4) is 0 Å². The molecule has 0 aromatic heterocycles. The zero-order valence-corrected chi connectivity index (χ0v) is 10.5. The van der Waals surface area contributed by atoms with Crippen molar-refractivity contribution < 1.29 is 17.4 Å². The molecule has 0 spiro atoms. The van der Waals surface area contributed by atoms with E-state index in [4.69, 9.17) is 5.73 Å². The van der Waals surface area contributed by atoms with Gasteiger partial charge in [-0.05, 0) is 34.7 Å². The summed E-state index contributed by atoms with van der Waals surface area (Å²) in [5, 5.41) is 1.46. The number of primary amides is 1. The first-order valence-electron chi connectivity index (χ1n) is 5.23. The fourth-order valence-corrected chi connectivity index (χ4v) is 2.35. The molecule has 1 aliphatic rings. The van der Waals surface area contributed by atoms with Crippen LogP contribution in [0.4, 0.5) is 4.79 Å². The molecular weight excluding hydrogens is 268 g/mol. The van der Waals surface area contributed by atoms with E-state index in [1.165, 1.54) is 12.1 Å². The molecule has 19 heavy (non-hydrogen) atoms. The van der Waals surface area contributed by atoms with Crippen molar-refractivity contribution in [1.29, 1.82) is 0 Å². The number of hydrogen-bond acceptors (Lipinski definition) is 5. The minimum Gasteiger partial charge on any atom is -0.334 e. The molecule has 1 aliphatic heterocycles. The highest BCUT2D eigenvalue weighted by Gasteiger charge is 2.18. The smallest absolute Gasteiger partial charge is 0.334 e. The molecule has 1 aromatic carbocycles. The van der Waals surface area contributed by atoms with Gasteiger partial charge in [0.05, 0.1) is 0 Å². The topological polar surface area (TPSA) is 98.8 Å². The molecule has 2 rings (SSSR count). The van der Waals surface area contributed by atoms with E-state index in [1.54, 1.807) is 36.7 Å². The van der Waals surface area contributed by atoms with Gasteiger partial charge in [-0.2, -0.15) is 8.42 Å². The van der Waals surface area contributed by atoms with Crippen LogP contribution in [-0.4, -0.2) is 20.7 Å². The standard InChI is InChI=1S/C12H10N2O4S/c13-12(15)18-19(16,17)11-4-3-9-5-7-14-6-1-2-10(9)8-11/h1-8H,(H2,13,15). The van der Waals surface area contributed by atoms with Crippen molar-refractivity contribution in [2.24, 2.45) is 10.7 Å². The predicted molar refractivity (Wildman–Crippen MR) is 70.1 cm³/mol. The summed E-state index contributed by atoms with van der Waals surface area (Å²) >= 11 is 0. The van der Waals surface area contributed by atoms with Crippen molar-refractivity contribution in [3.05, 3.63) is 40.9 Å². The summed E-state index contributed by atoms with van der Waals surface area (Å²) in [4.78, 5) is 14.4. The third-order valence-electron chi connectivity index (χ3n) is 2.33. The van der Waals surface area contributed by atoms with Crippen molar-refractivity contribution in [3.63, 3.8) is 0 Å². The third-order valence-corrected chi connectivity index (χ3v) is 3.54. The monoisotopic (exact) mass is 278 g/mol. The van der Waals surface area contributed by atoms with Crippen molar-refractivity contribution in [2.75, 3.05) is 0 Å². The maximum absolute atomic E-state index is 11.7. The Morgan fingerprint density at radius 2 is 2.00 bits per heavy atom. The van der Waals surface area contributed by atoms with Crippen molar-refractivity contribution in [1.82, 2.24) is 0 Å². The van der Waals surface area contributed by atoms with Gasteiger partial charge in [-0.3, -0.25) is 4.99 Å². The SMILES string of the molecule is NC(=O)OS(=O)(=O)c1ccc2c(c1)=CC=CN=CC=2. The minimum absolute atomic E-state index is 0.138. The quantitative estimate of drug-likeness (QED) is 0.746.